The molecule has 1 heterocycles. The van der Waals surface area contributed by atoms with Gasteiger partial charge in [0.25, 0.3) is 5.91 Å². The Labute approximate surface area is 283 Å². The number of benzene rings is 1. The number of ether oxygens (including phenoxy) is 3. The number of methoxy groups -OCH3 is 1. The van der Waals surface area contributed by atoms with Gasteiger partial charge in [0.2, 0.25) is 5.91 Å². The Morgan fingerprint density at radius 1 is 1.02 bits per heavy atom. The summed E-state index contributed by atoms with van der Waals surface area (Å²) >= 11 is 0. The second-order valence-corrected chi connectivity index (χ2v) is 12.6. The largest absolute Gasteiger partial charge is 0.493 e. The molecule has 10 nitrogen and oxygen atoms in total. The Morgan fingerprint density at radius 2 is 1.69 bits per heavy atom. The Balaban J connectivity index is 0.00000968. The molecule has 2 amide bonds. The summed E-state index contributed by atoms with van der Waals surface area (Å²) in [6, 6.07) is 5.08. The molecule has 1 saturated heterocycles. The molecule has 0 aromatic heterocycles. The summed E-state index contributed by atoms with van der Waals surface area (Å²) in [7, 11) is 1.68. The van der Waals surface area contributed by atoms with Gasteiger partial charge in [-0.25, -0.2) is 0 Å². The number of morpholine rings is 1. The summed E-state index contributed by atoms with van der Waals surface area (Å²) < 4.78 is 16.4. The highest BCUT2D eigenvalue weighted by Gasteiger charge is 2.30. The number of aliphatic hydroxyl groups is 1. The fourth-order valence-corrected chi connectivity index (χ4v) is 5.29. The van der Waals surface area contributed by atoms with Crippen molar-refractivity contribution in [3.05, 3.63) is 29.3 Å². The Kier molecular flexibility index (Phi) is 22.8. The molecule has 2 rings (SSSR count). The normalized spacial score (nSPS) is 16.2. The van der Waals surface area contributed by atoms with Crippen LogP contribution in [-0.4, -0.2) is 100 Å². The monoisotopic (exact) mass is 678 g/mol. The van der Waals surface area contributed by atoms with Gasteiger partial charge in [0.1, 0.15) is 5.75 Å². The van der Waals surface area contributed by atoms with Crippen LogP contribution in [0, 0.1) is 30.6 Å². The molecular formula is C33H60Cl2N4O6. The molecule has 0 aliphatic carbocycles. The van der Waals surface area contributed by atoms with Gasteiger partial charge in [-0.05, 0) is 68.1 Å². The number of nitrogens with zero attached hydrogens (tertiary/aromatic N) is 1. The van der Waals surface area contributed by atoms with Crippen LogP contribution in [0.25, 0.3) is 0 Å². The number of amides is 2. The number of carbonyl (C=O) groups is 2. The van der Waals surface area contributed by atoms with Crippen molar-refractivity contribution in [3.8, 4) is 5.75 Å². The lowest BCUT2D eigenvalue weighted by molar-refractivity contribution is -0.127. The van der Waals surface area contributed by atoms with E-state index in [1.165, 1.54) is 0 Å². The van der Waals surface area contributed by atoms with E-state index in [9.17, 15) is 14.7 Å². The van der Waals surface area contributed by atoms with Crippen molar-refractivity contribution in [3.63, 3.8) is 0 Å². The minimum absolute atomic E-state index is 0. The molecule has 0 radical (unpaired) electrons. The van der Waals surface area contributed by atoms with Crippen molar-refractivity contribution < 1.29 is 28.9 Å². The average molecular weight is 680 g/mol. The maximum Gasteiger partial charge on any atom is 0.255 e. The fourth-order valence-electron chi connectivity index (χ4n) is 5.29. The summed E-state index contributed by atoms with van der Waals surface area (Å²) in [6.45, 7) is 16.3. The van der Waals surface area contributed by atoms with E-state index in [4.69, 9.17) is 19.9 Å². The smallest absolute Gasteiger partial charge is 0.255 e. The number of rotatable bonds is 20. The van der Waals surface area contributed by atoms with E-state index in [-0.39, 0.29) is 60.3 Å². The van der Waals surface area contributed by atoms with Gasteiger partial charge in [0, 0.05) is 58.4 Å². The van der Waals surface area contributed by atoms with Crippen LogP contribution in [-0.2, 0) is 14.3 Å². The van der Waals surface area contributed by atoms with Gasteiger partial charge in [-0.2, -0.15) is 0 Å². The van der Waals surface area contributed by atoms with Crippen LogP contribution in [0.3, 0.4) is 0 Å². The van der Waals surface area contributed by atoms with Crippen LogP contribution in [0.4, 0.5) is 0 Å². The van der Waals surface area contributed by atoms with E-state index >= 15 is 0 Å². The molecule has 5 N–H and O–H groups in total. The third-order valence-electron chi connectivity index (χ3n) is 8.39. The minimum Gasteiger partial charge on any atom is -0.493 e. The molecule has 0 bridgehead atoms. The van der Waals surface area contributed by atoms with Crippen molar-refractivity contribution in [1.82, 2.24) is 15.5 Å². The van der Waals surface area contributed by atoms with Crippen molar-refractivity contribution in [2.75, 3.05) is 66.3 Å². The summed E-state index contributed by atoms with van der Waals surface area (Å²) in [6.07, 6.45) is 1.73. The molecule has 1 fully saturated rings. The van der Waals surface area contributed by atoms with Gasteiger partial charge in [-0.3, -0.25) is 14.5 Å². The van der Waals surface area contributed by atoms with Crippen molar-refractivity contribution in [2.45, 2.75) is 72.4 Å². The first-order valence-corrected chi connectivity index (χ1v) is 16.0. The third kappa shape index (κ3) is 16.1. The standard InChI is InChI=1S/C33H58N4O6.2ClH/c1-23(2)26(22-36-32(39)27-10-9-25(5)19-31(27)43-16-8-7-15-41-6)20-29(34)30(38)21-28(24(3)4)33(40)35-11-12-37-13-17-42-18-14-37;;/h9-10,19,23-24,26,28-30,38H,7-8,11-18,20-22,34H2,1-6H3,(H,35,40)(H,36,39);2*1H. The summed E-state index contributed by atoms with van der Waals surface area (Å²) in [4.78, 5) is 28.5. The lowest BCUT2D eigenvalue weighted by Crippen LogP contribution is -2.45. The van der Waals surface area contributed by atoms with Crippen LogP contribution in [0.2, 0.25) is 0 Å². The molecule has 45 heavy (non-hydrogen) atoms. The van der Waals surface area contributed by atoms with E-state index in [0.29, 0.717) is 50.5 Å². The maximum atomic E-state index is 13.2. The highest BCUT2D eigenvalue weighted by Crippen LogP contribution is 2.24. The van der Waals surface area contributed by atoms with Crippen molar-refractivity contribution in [2.24, 2.45) is 29.4 Å². The molecular weight excluding hydrogens is 619 g/mol. The third-order valence-corrected chi connectivity index (χ3v) is 8.39. The molecule has 0 spiro atoms. The Morgan fingerprint density at radius 3 is 2.31 bits per heavy atom. The SMILES string of the molecule is COCCCCOc1cc(C)ccc1C(=O)NCC(CC(N)C(O)CC(C(=O)NCCN1CCOCC1)C(C)C)C(C)C.Cl.Cl. The van der Waals surface area contributed by atoms with E-state index in [0.717, 1.165) is 51.3 Å². The van der Waals surface area contributed by atoms with Gasteiger partial charge < -0.3 is 35.7 Å². The second-order valence-electron chi connectivity index (χ2n) is 12.6. The number of unbranched alkanes of at least 4 members (excludes halogenated alkanes) is 1. The molecule has 1 aliphatic heterocycles. The fraction of sp³-hybridized carbons (Fsp3) is 0.758. The lowest BCUT2D eigenvalue weighted by Gasteiger charge is -2.30. The number of carbonyl (C=O) groups excluding carboxylic acids is 2. The first-order chi connectivity index (χ1) is 20.5. The van der Waals surface area contributed by atoms with Crippen LogP contribution in [0.5, 0.6) is 5.75 Å². The maximum absolute atomic E-state index is 13.2. The van der Waals surface area contributed by atoms with E-state index in [1.807, 2.05) is 32.9 Å². The molecule has 4 atom stereocenters. The molecule has 0 saturated carbocycles. The van der Waals surface area contributed by atoms with Gasteiger partial charge in [-0.1, -0.05) is 33.8 Å². The zero-order valence-corrected chi connectivity index (χ0v) is 29.9. The molecule has 1 aliphatic rings. The number of hydrogen-bond acceptors (Lipinski definition) is 8. The van der Waals surface area contributed by atoms with Crippen LogP contribution in [0.1, 0.15) is 69.3 Å². The highest BCUT2D eigenvalue weighted by atomic mass is 35.5. The zero-order valence-electron chi connectivity index (χ0n) is 28.2. The first kappa shape index (κ1) is 43.3. The highest BCUT2D eigenvalue weighted by molar-refractivity contribution is 5.97. The lowest BCUT2D eigenvalue weighted by atomic mass is 9.83. The van der Waals surface area contributed by atoms with E-state index < -0.39 is 12.1 Å². The number of nitrogens with two attached hydrogens (primary N) is 1. The quantitative estimate of drug-likeness (QED) is 0.153. The van der Waals surface area contributed by atoms with Crippen molar-refractivity contribution >= 4 is 36.6 Å². The topological polar surface area (TPSA) is 135 Å². The van der Waals surface area contributed by atoms with Crippen LogP contribution >= 0.6 is 24.8 Å². The van der Waals surface area contributed by atoms with E-state index in [2.05, 4.69) is 29.4 Å². The number of halogens is 2. The van der Waals surface area contributed by atoms with Gasteiger partial charge in [-0.15, -0.1) is 24.8 Å². The second kappa shape index (κ2) is 23.6. The van der Waals surface area contributed by atoms with Gasteiger partial charge in [0.05, 0.1) is 31.5 Å². The number of aliphatic hydroxyl groups excluding tert-OH is 1. The number of hydrogen-bond donors (Lipinski definition) is 4. The van der Waals surface area contributed by atoms with Gasteiger partial charge >= 0.3 is 0 Å². The Bertz CT molecular complexity index is 965. The summed E-state index contributed by atoms with van der Waals surface area (Å²) in [5.41, 5.74) is 8.03. The summed E-state index contributed by atoms with van der Waals surface area (Å²) in [5, 5.41) is 17.2. The van der Waals surface area contributed by atoms with Crippen LogP contribution < -0.4 is 21.1 Å². The molecule has 1 aromatic carbocycles. The number of aryl methyl sites for hydroxylation is 1. The Hall–Kier alpha value is -1.66. The molecule has 262 valence electrons. The predicted octanol–water partition coefficient (Wildman–Crippen LogP) is 3.84. The summed E-state index contributed by atoms with van der Waals surface area (Å²) in [5.74, 6) is 0.354. The number of nitrogens with one attached hydrogen (secondary N) is 2. The van der Waals surface area contributed by atoms with Crippen molar-refractivity contribution in [1.29, 1.82) is 0 Å². The minimum atomic E-state index is -0.829. The molecule has 1 aromatic rings. The molecule has 4 unspecified atom stereocenters. The average Bonchev–Trinajstić information content (AvgIpc) is 2.97. The van der Waals surface area contributed by atoms with Crippen LogP contribution in [0.15, 0.2) is 18.2 Å². The first-order valence-electron chi connectivity index (χ1n) is 16.0. The van der Waals surface area contributed by atoms with E-state index in [1.54, 1.807) is 13.2 Å². The predicted molar refractivity (Wildman–Crippen MR) is 185 cm³/mol. The van der Waals surface area contributed by atoms with Gasteiger partial charge in [0.15, 0.2) is 0 Å². The molecule has 12 heteroatoms. The zero-order chi connectivity index (χ0) is 31.8.